The number of aromatic nitrogens is 4. The molecule has 0 fully saturated rings. The van der Waals surface area contributed by atoms with Crippen molar-refractivity contribution in [3.8, 4) is 0 Å². The van der Waals surface area contributed by atoms with Gasteiger partial charge in [0, 0.05) is 18.1 Å². The summed E-state index contributed by atoms with van der Waals surface area (Å²) < 4.78 is 19.7. The van der Waals surface area contributed by atoms with E-state index in [9.17, 15) is 14.0 Å². The van der Waals surface area contributed by atoms with E-state index in [0.717, 1.165) is 11.8 Å². The zero-order valence-electron chi connectivity index (χ0n) is 14.9. The second-order valence-electron chi connectivity index (χ2n) is 5.94. The number of carbonyl (C=O) groups excluding carboxylic acids is 1. The molecule has 0 unspecified atom stereocenters. The standard InChI is InChI=1S/C19H14FN5O3S/c20-12-3-5-13(6-4-12)23-15(26)11-29-19-24-17-16(21-7-8-22-17)18(27)25(19)10-14-2-1-9-28-14/h1-9H,10-11H2,(H,23,26). The van der Waals surface area contributed by atoms with Crippen molar-refractivity contribution in [2.24, 2.45) is 0 Å². The van der Waals surface area contributed by atoms with Crippen LogP contribution >= 0.6 is 11.8 Å². The van der Waals surface area contributed by atoms with Crippen molar-refractivity contribution < 1.29 is 13.6 Å². The molecule has 0 atom stereocenters. The Balaban J connectivity index is 1.58. The lowest BCUT2D eigenvalue weighted by Gasteiger charge is -2.11. The molecule has 4 aromatic rings. The van der Waals surface area contributed by atoms with Crippen molar-refractivity contribution in [3.05, 3.63) is 77.0 Å². The topological polar surface area (TPSA) is 103 Å². The molecular formula is C19H14FN5O3S. The quantitative estimate of drug-likeness (QED) is 0.384. The molecule has 3 heterocycles. The van der Waals surface area contributed by atoms with Crippen LogP contribution in [0.15, 0.2) is 69.4 Å². The number of thioether (sulfide) groups is 1. The first-order valence-electron chi connectivity index (χ1n) is 8.52. The molecule has 0 radical (unpaired) electrons. The van der Waals surface area contributed by atoms with Gasteiger partial charge in [0.25, 0.3) is 5.56 Å². The molecule has 10 heteroatoms. The van der Waals surface area contributed by atoms with E-state index in [1.807, 2.05) is 0 Å². The first-order chi connectivity index (χ1) is 14.1. The van der Waals surface area contributed by atoms with E-state index >= 15 is 0 Å². The zero-order valence-corrected chi connectivity index (χ0v) is 15.7. The summed E-state index contributed by atoms with van der Waals surface area (Å²) in [6.07, 6.45) is 4.38. The maximum atomic E-state index is 13.0. The third kappa shape index (κ3) is 4.32. The van der Waals surface area contributed by atoms with Crippen molar-refractivity contribution in [2.75, 3.05) is 11.1 Å². The third-order valence-electron chi connectivity index (χ3n) is 3.91. The highest BCUT2D eigenvalue weighted by Gasteiger charge is 2.16. The van der Waals surface area contributed by atoms with Gasteiger partial charge in [-0.15, -0.1) is 0 Å². The molecular weight excluding hydrogens is 397 g/mol. The fourth-order valence-electron chi connectivity index (χ4n) is 2.60. The molecule has 0 bridgehead atoms. The van der Waals surface area contributed by atoms with E-state index in [1.165, 1.54) is 47.5 Å². The fourth-order valence-corrected chi connectivity index (χ4v) is 3.38. The number of fused-ring (bicyclic) bond motifs is 1. The molecule has 0 saturated heterocycles. The summed E-state index contributed by atoms with van der Waals surface area (Å²) in [5.74, 6) is -0.150. The second kappa shape index (κ2) is 8.23. The van der Waals surface area contributed by atoms with Gasteiger partial charge >= 0.3 is 0 Å². The van der Waals surface area contributed by atoms with Crippen molar-refractivity contribution in [1.82, 2.24) is 19.5 Å². The first kappa shape index (κ1) is 18.8. The number of halogens is 1. The first-order valence-corrected chi connectivity index (χ1v) is 9.51. The van der Waals surface area contributed by atoms with Crippen LogP contribution in [0.2, 0.25) is 0 Å². The van der Waals surface area contributed by atoms with Crippen LogP contribution in [0.4, 0.5) is 10.1 Å². The SMILES string of the molecule is O=C(CSc1nc2nccnc2c(=O)n1Cc1ccco1)Nc1ccc(F)cc1. The van der Waals surface area contributed by atoms with E-state index < -0.39 is 0 Å². The fraction of sp³-hybridized carbons (Fsp3) is 0.105. The van der Waals surface area contributed by atoms with Crippen LogP contribution in [0.25, 0.3) is 11.2 Å². The Hall–Kier alpha value is -3.53. The number of nitrogens with one attached hydrogen (secondary N) is 1. The molecule has 4 rings (SSSR count). The number of furan rings is 1. The minimum Gasteiger partial charge on any atom is -0.467 e. The Morgan fingerprint density at radius 1 is 1.17 bits per heavy atom. The van der Waals surface area contributed by atoms with Crippen molar-refractivity contribution >= 4 is 34.5 Å². The molecule has 0 spiro atoms. The number of carbonyl (C=O) groups is 1. The number of amides is 1. The monoisotopic (exact) mass is 411 g/mol. The summed E-state index contributed by atoms with van der Waals surface area (Å²) in [5, 5.41) is 2.98. The number of rotatable bonds is 6. The number of anilines is 1. The van der Waals surface area contributed by atoms with Gasteiger partial charge in [0.1, 0.15) is 11.6 Å². The van der Waals surface area contributed by atoms with Crippen LogP contribution in [-0.2, 0) is 11.3 Å². The summed E-state index contributed by atoms with van der Waals surface area (Å²) in [7, 11) is 0. The van der Waals surface area contributed by atoms with E-state index in [-0.39, 0.29) is 40.7 Å². The third-order valence-corrected chi connectivity index (χ3v) is 4.89. The molecule has 1 N–H and O–H groups in total. The maximum absolute atomic E-state index is 13.0. The minimum atomic E-state index is -0.388. The maximum Gasteiger partial charge on any atom is 0.282 e. The summed E-state index contributed by atoms with van der Waals surface area (Å²) in [5.41, 5.74) is 0.442. The van der Waals surface area contributed by atoms with E-state index in [0.29, 0.717) is 16.6 Å². The minimum absolute atomic E-state index is 0.00621. The number of hydrogen-bond acceptors (Lipinski definition) is 7. The second-order valence-corrected chi connectivity index (χ2v) is 6.88. The van der Waals surface area contributed by atoms with Crippen LogP contribution in [0.5, 0.6) is 0 Å². The Morgan fingerprint density at radius 3 is 2.72 bits per heavy atom. The average Bonchev–Trinajstić information content (AvgIpc) is 3.24. The number of hydrogen-bond donors (Lipinski definition) is 1. The Kier molecular flexibility index (Phi) is 5.34. The van der Waals surface area contributed by atoms with Gasteiger partial charge < -0.3 is 9.73 Å². The average molecular weight is 411 g/mol. The van der Waals surface area contributed by atoms with Gasteiger partial charge in [-0.05, 0) is 36.4 Å². The molecule has 0 aliphatic carbocycles. The van der Waals surface area contributed by atoms with E-state index in [2.05, 4.69) is 20.3 Å². The summed E-state index contributed by atoms with van der Waals surface area (Å²) in [6.45, 7) is 0.146. The Labute approximate surface area is 167 Å². The molecule has 29 heavy (non-hydrogen) atoms. The normalized spacial score (nSPS) is 10.9. The lowest BCUT2D eigenvalue weighted by atomic mass is 10.3. The highest BCUT2D eigenvalue weighted by atomic mass is 32.2. The number of nitrogens with zero attached hydrogens (tertiary/aromatic N) is 4. The van der Waals surface area contributed by atoms with Crippen molar-refractivity contribution in [2.45, 2.75) is 11.7 Å². The van der Waals surface area contributed by atoms with Crippen molar-refractivity contribution in [3.63, 3.8) is 0 Å². The molecule has 1 aromatic carbocycles. The van der Waals surface area contributed by atoms with Crippen LogP contribution in [0.3, 0.4) is 0 Å². The van der Waals surface area contributed by atoms with Crippen molar-refractivity contribution in [1.29, 1.82) is 0 Å². The Morgan fingerprint density at radius 2 is 1.97 bits per heavy atom. The highest BCUT2D eigenvalue weighted by molar-refractivity contribution is 7.99. The molecule has 1 amide bonds. The molecule has 0 aliphatic heterocycles. The zero-order chi connectivity index (χ0) is 20.2. The predicted octanol–water partition coefficient (Wildman–Crippen LogP) is 2.70. The van der Waals surface area contributed by atoms with E-state index in [1.54, 1.807) is 12.1 Å². The molecule has 8 nitrogen and oxygen atoms in total. The van der Waals surface area contributed by atoms with Gasteiger partial charge in [0.2, 0.25) is 5.91 Å². The largest absolute Gasteiger partial charge is 0.467 e. The van der Waals surface area contributed by atoms with Gasteiger partial charge in [0.15, 0.2) is 16.3 Å². The summed E-state index contributed by atoms with van der Waals surface area (Å²) in [4.78, 5) is 37.7. The van der Waals surface area contributed by atoms with Gasteiger partial charge in [-0.1, -0.05) is 11.8 Å². The van der Waals surface area contributed by atoms with Gasteiger partial charge in [-0.2, -0.15) is 0 Å². The smallest absolute Gasteiger partial charge is 0.282 e. The van der Waals surface area contributed by atoms with Crippen LogP contribution in [-0.4, -0.2) is 31.2 Å². The van der Waals surface area contributed by atoms with Crippen LogP contribution in [0.1, 0.15) is 5.76 Å². The van der Waals surface area contributed by atoms with Crippen LogP contribution < -0.4 is 10.9 Å². The predicted molar refractivity (Wildman–Crippen MR) is 105 cm³/mol. The molecule has 146 valence electrons. The van der Waals surface area contributed by atoms with Gasteiger partial charge in [-0.25, -0.2) is 19.3 Å². The lowest BCUT2D eigenvalue weighted by molar-refractivity contribution is -0.113. The van der Waals surface area contributed by atoms with E-state index in [4.69, 9.17) is 4.42 Å². The summed E-state index contributed by atoms with van der Waals surface area (Å²) >= 11 is 1.08. The molecule has 3 aromatic heterocycles. The van der Waals surface area contributed by atoms with Gasteiger partial charge in [-0.3, -0.25) is 14.2 Å². The Bertz CT molecular complexity index is 1210. The molecule has 0 aliphatic rings. The van der Waals surface area contributed by atoms with Gasteiger partial charge in [0.05, 0.1) is 18.6 Å². The highest BCUT2D eigenvalue weighted by Crippen LogP contribution is 2.18. The van der Waals surface area contributed by atoms with Crippen LogP contribution in [0, 0.1) is 5.82 Å². The lowest BCUT2D eigenvalue weighted by Crippen LogP contribution is -2.25. The summed E-state index contributed by atoms with van der Waals surface area (Å²) in [6, 6.07) is 8.91. The number of benzene rings is 1. The molecule has 0 saturated carbocycles.